The molecule has 31 heavy (non-hydrogen) atoms. The van der Waals surface area contributed by atoms with Crippen LogP contribution in [-0.2, 0) is 24.3 Å². The van der Waals surface area contributed by atoms with Crippen LogP contribution in [0, 0.1) is 0 Å². The summed E-state index contributed by atoms with van der Waals surface area (Å²) in [5.41, 5.74) is 4.21. The molecule has 0 bridgehead atoms. The topological polar surface area (TPSA) is 77.2 Å². The lowest BCUT2D eigenvalue weighted by molar-refractivity contribution is -0.121. The Hall–Kier alpha value is -2.70. The van der Waals surface area contributed by atoms with Gasteiger partial charge < -0.3 is 20.5 Å². The maximum absolute atomic E-state index is 12.5. The molecular formula is C23H24Cl2N4O2. The van der Waals surface area contributed by atoms with Gasteiger partial charge in [0.05, 0.1) is 6.54 Å². The number of urea groups is 1. The van der Waals surface area contributed by atoms with Gasteiger partial charge in [0, 0.05) is 52.7 Å². The van der Waals surface area contributed by atoms with Crippen molar-refractivity contribution < 1.29 is 9.59 Å². The zero-order chi connectivity index (χ0) is 21.8. The SMILES string of the molecule is O=C(CCCNC(=O)N1CCc2c([nH]c3ccc(Cl)cc23)C1)NCc1ccccc1Cl. The van der Waals surface area contributed by atoms with E-state index in [4.69, 9.17) is 23.2 Å². The number of aromatic amines is 1. The molecule has 0 saturated carbocycles. The van der Waals surface area contributed by atoms with Crippen LogP contribution in [-0.4, -0.2) is 34.9 Å². The van der Waals surface area contributed by atoms with E-state index in [9.17, 15) is 9.59 Å². The first-order valence-corrected chi connectivity index (χ1v) is 11.1. The molecular weight excluding hydrogens is 435 g/mol. The molecule has 1 aliphatic heterocycles. The summed E-state index contributed by atoms with van der Waals surface area (Å²) >= 11 is 12.2. The molecule has 0 radical (unpaired) electrons. The van der Waals surface area contributed by atoms with E-state index in [1.165, 1.54) is 5.56 Å². The molecule has 0 spiro atoms. The van der Waals surface area contributed by atoms with E-state index < -0.39 is 0 Å². The van der Waals surface area contributed by atoms with Crippen LogP contribution in [0.2, 0.25) is 10.0 Å². The Morgan fingerprint density at radius 2 is 1.94 bits per heavy atom. The van der Waals surface area contributed by atoms with Gasteiger partial charge in [-0.05, 0) is 48.2 Å². The molecule has 6 nitrogen and oxygen atoms in total. The molecule has 0 unspecified atom stereocenters. The van der Waals surface area contributed by atoms with Gasteiger partial charge in [-0.1, -0.05) is 41.4 Å². The molecule has 8 heteroatoms. The summed E-state index contributed by atoms with van der Waals surface area (Å²) in [5, 5.41) is 8.25. The number of nitrogens with one attached hydrogen (secondary N) is 3. The lowest BCUT2D eigenvalue weighted by Gasteiger charge is -2.27. The number of rotatable bonds is 6. The fraction of sp³-hybridized carbons (Fsp3) is 0.304. The Morgan fingerprint density at radius 1 is 1.10 bits per heavy atom. The molecule has 0 aliphatic carbocycles. The van der Waals surface area contributed by atoms with E-state index in [1.54, 1.807) is 11.0 Å². The highest BCUT2D eigenvalue weighted by Gasteiger charge is 2.23. The standard InChI is InChI=1S/C23H24Cl2N4O2/c24-16-7-8-20-18(12-16)17-9-11-29(14-21(17)28-20)23(31)26-10-3-6-22(30)27-13-15-4-1-2-5-19(15)25/h1-2,4-5,7-8,12,28H,3,6,9-11,13-14H2,(H,26,31)(H,27,30). The molecule has 3 aromatic rings. The van der Waals surface area contributed by atoms with E-state index >= 15 is 0 Å². The van der Waals surface area contributed by atoms with Gasteiger partial charge in [0.2, 0.25) is 5.91 Å². The van der Waals surface area contributed by atoms with E-state index in [-0.39, 0.29) is 11.9 Å². The van der Waals surface area contributed by atoms with Gasteiger partial charge in [0.1, 0.15) is 0 Å². The molecule has 1 aliphatic rings. The summed E-state index contributed by atoms with van der Waals surface area (Å²) in [4.78, 5) is 29.8. The van der Waals surface area contributed by atoms with Crippen LogP contribution in [0.5, 0.6) is 0 Å². The maximum Gasteiger partial charge on any atom is 0.317 e. The van der Waals surface area contributed by atoms with Gasteiger partial charge in [-0.3, -0.25) is 4.79 Å². The molecule has 2 aromatic carbocycles. The van der Waals surface area contributed by atoms with Crippen LogP contribution >= 0.6 is 23.2 Å². The molecule has 4 rings (SSSR count). The number of aromatic nitrogens is 1. The van der Waals surface area contributed by atoms with Gasteiger partial charge in [-0.25, -0.2) is 4.79 Å². The van der Waals surface area contributed by atoms with Gasteiger partial charge in [0.25, 0.3) is 0 Å². The average Bonchev–Trinajstić information content (AvgIpc) is 3.13. The lowest BCUT2D eigenvalue weighted by Crippen LogP contribution is -2.43. The van der Waals surface area contributed by atoms with Crippen molar-refractivity contribution in [1.29, 1.82) is 0 Å². The first-order chi connectivity index (χ1) is 15.0. The smallest absolute Gasteiger partial charge is 0.317 e. The van der Waals surface area contributed by atoms with E-state index in [0.717, 1.165) is 28.6 Å². The minimum absolute atomic E-state index is 0.0616. The summed E-state index contributed by atoms with van der Waals surface area (Å²) in [6.07, 6.45) is 1.70. The van der Waals surface area contributed by atoms with Crippen molar-refractivity contribution in [3.05, 3.63) is 69.3 Å². The van der Waals surface area contributed by atoms with E-state index in [2.05, 4.69) is 15.6 Å². The third kappa shape index (κ3) is 5.14. The van der Waals surface area contributed by atoms with Crippen molar-refractivity contribution in [3.8, 4) is 0 Å². The number of fused-ring (bicyclic) bond motifs is 3. The number of nitrogens with zero attached hydrogens (tertiary/aromatic N) is 1. The third-order valence-electron chi connectivity index (χ3n) is 5.52. The number of hydrogen-bond acceptors (Lipinski definition) is 2. The van der Waals surface area contributed by atoms with Crippen LogP contribution in [0.1, 0.15) is 29.7 Å². The average molecular weight is 459 g/mol. The summed E-state index contributed by atoms with van der Waals surface area (Å²) in [6.45, 7) is 2.03. The molecule has 3 amide bonds. The first kappa shape index (κ1) is 21.5. The van der Waals surface area contributed by atoms with Crippen molar-refractivity contribution in [2.24, 2.45) is 0 Å². The van der Waals surface area contributed by atoms with Crippen molar-refractivity contribution in [3.63, 3.8) is 0 Å². The highest BCUT2D eigenvalue weighted by Crippen LogP contribution is 2.29. The van der Waals surface area contributed by atoms with Crippen LogP contribution in [0.15, 0.2) is 42.5 Å². The van der Waals surface area contributed by atoms with Gasteiger partial charge in [0.15, 0.2) is 0 Å². The molecule has 0 atom stereocenters. The van der Waals surface area contributed by atoms with Crippen LogP contribution in [0.3, 0.4) is 0 Å². The molecule has 162 valence electrons. The number of amides is 3. The molecule has 3 N–H and O–H groups in total. The monoisotopic (exact) mass is 458 g/mol. The largest absolute Gasteiger partial charge is 0.357 e. The summed E-state index contributed by atoms with van der Waals surface area (Å²) in [5.74, 6) is -0.0616. The summed E-state index contributed by atoms with van der Waals surface area (Å²) < 4.78 is 0. The number of hydrogen-bond donors (Lipinski definition) is 3. The van der Waals surface area contributed by atoms with E-state index in [1.807, 2.05) is 36.4 Å². The maximum atomic E-state index is 12.5. The molecule has 0 saturated heterocycles. The lowest BCUT2D eigenvalue weighted by atomic mass is 10.0. The molecule has 1 aromatic heterocycles. The third-order valence-corrected chi connectivity index (χ3v) is 6.12. The van der Waals surface area contributed by atoms with Crippen LogP contribution < -0.4 is 10.6 Å². The summed E-state index contributed by atoms with van der Waals surface area (Å²) in [7, 11) is 0. The van der Waals surface area contributed by atoms with Crippen LogP contribution in [0.25, 0.3) is 10.9 Å². The number of H-pyrrole nitrogens is 1. The Labute approximate surface area is 190 Å². The fourth-order valence-electron chi connectivity index (χ4n) is 3.87. The Balaban J connectivity index is 1.20. The summed E-state index contributed by atoms with van der Waals surface area (Å²) in [6, 6.07) is 13.1. The number of benzene rings is 2. The molecule has 0 fully saturated rings. The zero-order valence-electron chi connectivity index (χ0n) is 17.0. The first-order valence-electron chi connectivity index (χ1n) is 10.3. The van der Waals surface area contributed by atoms with Crippen molar-refractivity contribution in [2.45, 2.75) is 32.4 Å². The minimum Gasteiger partial charge on any atom is -0.357 e. The second-order valence-corrected chi connectivity index (χ2v) is 8.49. The normalized spacial score (nSPS) is 13.2. The Kier molecular flexibility index (Phi) is 6.68. The van der Waals surface area contributed by atoms with Crippen molar-refractivity contribution in [1.82, 2.24) is 20.5 Å². The predicted molar refractivity (Wildman–Crippen MR) is 123 cm³/mol. The second-order valence-electron chi connectivity index (χ2n) is 7.65. The number of halogens is 2. The highest BCUT2D eigenvalue weighted by atomic mass is 35.5. The minimum atomic E-state index is -0.112. The van der Waals surface area contributed by atoms with Gasteiger partial charge >= 0.3 is 6.03 Å². The second kappa shape index (κ2) is 9.62. The van der Waals surface area contributed by atoms with Crippen molar-refractivity contribution in [2.75, 3.05) is 13.1 Å². The fourth-order valence-corrected chi connectivity index (χ4v) is 4.24. The quantitative estimate of drug-likeness (QED) is 0.470. The van der Waals surface area contributed by atoms with Gasteiger partial charge in [-0.2, -0.15) is 0 Å². The predicted octanol–water partition coefficient (Wildman–Crippen LogP) is 4.64. The molecule has 2 heterocycles. The van der Waals surface area contributed by atoms with Gasteiger partial charge in [-0.15, -0.1) is 0 Å². The Bertz CT molecular complexity index is 1110. The number of carbonyl (C=O) groups excluding carboxylic acids is 2. The van der Waals surface area contributed by atoms with Crippen molar-refractivity contribution >= 4 is 46.0 Å². The highest BCUT2D eigenvalue weighted by molar-refractivity contribution is 6.31. The van der Waals surface area contributed by atoms with Crippen LogP contribution in [0.4, 0.5) is 4.79 Å². The number of carbonyl (C=O) groups is 2. The Morgan fingerprint density at radius 3 is 2.77 bits per heavy atom. The zero-order valence-corrected chi connectivity index (χ0v) is 18.5. The van der Waals surface area contributed by atoms with E-state index in [0.29, 0.717) is 49.1 Å².